The van der Waals surface area contributed by atoms with Crippen LogP contribution in [0.5, 0.6) is 0 Å². The minimum Gasteiger partial charge on any atom is -0.346 e. The van der Waals surface area contributed by atoms with Gasteiger partial charge in [-0.3, -0.25) is 9.59 Å². The molecule has 1 aliphatic carbocycles. The van der Waals surface area contributed by atoms with E-state index in [0.29, 0.717) is 5.92 Å². The number of nitrogens with one attached hydrogen (secondary N) is 2. The number of carbonyl (C=O) groups is 2. The number of carbonyl (C=O) groups excluding carboxylic acids is 2. The van der Waals surface area contributed by atoms with Crippen LogP contribution in [-0.2, 0) is 16.1 Å². The number of hydrogen-bond donors (Lipinski definition) is 2. The van der Waals surface area contributed by atoms with Gasteiger partial charge in [-0.15, -0.1) is 10.2 Å². The van der Waals surface area contributed by atoms with Gasteiger partial charge in [0.15, 0.2) is 5.16 Å². The molecule has 150 valence electrons. The van der Waals surface area contributed by atoms with Gasteiger partial charge in [0.25, 0.3) is 0 Å². The zero-order valence-corrected chi connectivity index (χ0v) is 17.6. The second kappa shape index (κ2) is 8.77. The third kappa shape index (κ3) is 4.73. The Labute approximate surface area is 169 Å². The Balaban J connectivity index is 1.52. The summed E-state index contributed by atoms with van der Waals surface area (Å²) in [6.45, 7) is 8.48. The Morgan fingerprint density at radius 1 is 1.25 bits per heavy atom. The van der Waals surface area contributed by atoms with Gasteiger partial charge in [-0.1, -0.05) is 30.0 Å². The third-order valence-corrected chi connectivity index (χ3v) is 5.90. The topological polar surface area (TPSA) is 88.9 Å². The zero-order valence-electron chi connectivity index (χ0n) is 16.8. The Hall–Kier alpha value is -2.35. The Morgan fingerprint density at radius 3 is 2.54 bits per heavy atom. The molecule has 1 aromatic heterocycles. The highest BCUT2D eigenvalue weighted by Crippen LogP contribution is 2.40. The maximum Gasteiger partial charge on any atom is 0.243 e. The summed E-state index contributed by atoms with van der Waals surface area (Å²) in [6, 6.07) is 5.84. The predicted molar refractivity (Wildman–Crippen MR) is 111 cm³/mol. The number of aryl methyl sites for hydroxylation is 2. The molecule has 0 aliphatic heterocycles. The lowest BCUT2D eigenvalue weighted by atomic mass is 10.1. The smallest absolute Gasteiger partial charge is 0.243 e. The van der Waals surface area contributed by atoms with E-state index < -0.39 is 0 Å². The van der Waals surface area contributed by atoms with Crippen molar-refractivity contribution < 1.29 is 9.59 Å². The van der Waals surface area contributed by atoms with E-state index in [2.05, 4.69) is 32.3 Å². The minimum atomic E-state index is -0.366. The first-order valence-electron chi connectivity index (χ1n) is 9.64. The maximum absolute atomic E-state index is 12.4. The van der Waals surface area contributed by atoms with Gasteiger partial charge in [0.2, 0.25) is 11.8 Å². The Bertz CT molecular complexity index is 855. The number of benzene rings is 1. The molecule has 8 heteroatoms. The van der Waals surface area contributed by atoms with Gasteiger partial charge in [0, 0.05) is 18.2 Å². The number of amides is 2. The maximum atomic E-state index is 12.4. The van der Waals surface area contributed by atoms with Crippen LogP contribution in [0.1, 0.15) is 49.6 Å². The minimum absolute atomic E-state index is 0.0642. The van der Waals surface area contributed by atoms with Crippen LogP contribution in [0.4, 0.5) is 5.69 Å². The van der Waals surface area contributed by atoms with Gasteiger partial charge in [-0.05, 0) is 51.7 Å². The number of nitrogens with zero attached hydrogens (tertiary/aromatic N) is 3. The SMILES string of the molecule is CCn1c(S[C@@H](C)C(=O)NCC(=O)Nc2c(C)cccc2C)nnc1C1CC1. The van der Waals surface area contributed by atoms with Crippen molar-refractivity contribution in [3.63, 3.8) is 0 Å². The summed E-state index contributed by atoms with van der Waals surface area (Å²) in [7, 11) is 0. The van der Waals surface area contributed by atoms with Crippen LogP contribution in [0.2, 0.25) is 0 Å². The molecule has 28 heavy (non-hydrogen) atoms. The average molecular weight is 402 g/mol. The highest BCUT2D eigenvalue weighted by atomic mass is 32.2. The molecule has 2 N–H and O–H groups in total. The summed E-state index contributed by atoms with van der Waals surface area (Å²) in [5.41, 5.74) is 2.79. The van der Waals surface area contributed by atoms with Crippen LogP contribution in [0.15, 0.2) is 23.4 Å². The molecule has 2 aromatic rings. The van der Waals surface area contributed by atoms with Crippen molar-refractivity contribution in [1.82, 2.24) is 20.1 Å². The molecule has 2 amide bonds. The zero-order chi connectivity index (χ0) is 20.3. The molecule has 0 spiro atoms. The van der Waals surface area contributed by atoms with Crippen LogP contribution in [0, 0.1) is 13.8 Å². The van der Waals surface area contributed by atoms with Crippen molar-refractivity contribution in [3.05, 3.63) is 35.2 Å². The molecule has 0 bridgehead atoms. The Morgan fingerprint density at radius 2 is 1.93 bits per heavy atom. The van der Waals surface area contributed by atoms with E-state index in [1.54, 1.807) is 0 Å². The van der Waals surface area contributed by atoms with Crippen molar-refractivity contribution in [2.24, 2.45) is 0 Å². The van der Waals surface area contributed by atoms with Crippen LogP contribution >= 0.6 is 11.8 Å². The third-order valence-electron chi connectivity index (χ3n) is 4.82. The fourth-order valence-electron chi connectivity index (χ4n) is 3.05. The number of rotatable bonds is 8. The monoisotopic (exact) mass is 401 g/mol. The molecule has 1 fully saturated rings. The van der Waals surface area contributed by atoms with Gasteiger partial charge in [0.05, 0.1) is 11.8 Å². The van der Waals surface area contributed by atoms with Crippen LogP contribution < -0.4 is 10.6 Å². The van der Waals surface area contributed by atoms with Gasteiger partial charge in [-0.25, -0.2) is 0 Å². The van der Waals surface area contributed by atoms with Crippen LogP contribution in [0.25, 0.3) is 0 Å². The van der Waals surface area contributed by atoms with Gasteiger partial charge in [-0.2, -0.15) is 0 Å². The first-order valence-corrected chi connectivity index (χ1v) is 10.5. The van der Waals surface area contributed by atoms with Gasteiger partial charge >= 0.3 is 0 Å². The number of anilines is 1. The van der Waals surface area contributed by atoms with E-state index in [9.17, 15) is 9.59 Å². The van der Waals surface area contributed by atoms with Crippen molar-refractivity contribution >= 4 is 29.3 Å². The van der Waals surface area contributed by atoms with E-state index in [1.165, 1.54) is 11.8 Å². The summed E-state index contributed by atoms with van der Waals surface area (Å²) in [6.07, 6.45) is 2.32. The van der Waals surface area contributed by atoms with Crippen molar-refractivity contribution in [3.8, 4) is 0 Å². The number of aromatic nitrogens is 3. The second-order valence-corrected chi connectivity index (χ2v) is 8.46. The molecule has 1 saturated carbocycles. The molecular formula is C20H27N5O2S. The van der Waals surface area contributed by atoms with Crippen molar-refractivity contribution in [2.45, 2.75) is 63.4 Å². The van der Waals surface area contributed by atoms with Gasteiger partial charge < -0.3 is 15.2 Å². The van der Waals surface area contributed by atoms with E-state index in [-0.39, 0.29) is 23.6 Å². The highest BCUT2D eigenvalue weighted by molar-refractivity contribution is 8.00. The summed E-state index contributed by atoms with van der Waals surface area (Å²) in [4.78, 5) is 24.7. The molecule has 1 aliphatic rings. The molecule has 1 atom stereocenters. The summed E-state index contributed by atoms with van der Waals surface area (Å²) in [5, 5.41) is 14.5. The van der Waals surface area contributed by atoms with Crippen LogP contribution in [-0.4, -0.2) is 38.4 Å². The Kier molecular flexibility index (Phi) is 6.39. The quantitative estimate of drug-likeness (QED) is 0.664. The molecule has 7 nitrogen and oxygen atoms in total. The molecule has 3 rings (SSSR count). The second-order valence-electron chi connectivity index (χ2n) is 7.15. The molecule has 1 heterocycles. The molecule has 0 unspecified atom stereocenters. The number of para-hydroxylation sites is 1. The predicted octanol–water partition coefficient (Wildman–Crippen LogP) is 3.03. The summed E-state index contributed by atoms with van der Waals surface area (Å²) in [5.74, 6) is 1.10. The van der Waals surface area contributed by atoms with E-state index in [0.717, 1.165) is 47.2 Å². The van der Waals surface area contributed by atoms with Gasteiger partial charge in [0.1, 0.15) is 5.82 Å². The van der Waals surface area contributed by atoms with E-state index in [1.807, 2.05) is 39.0 Å². The first-order chi connectivity index (χ1) is 13.4. The lowest BCUT2D eigenvalue weighted by Gasteiger charge is -2.14. The molecular weight excluding hydrogens is 374 g/mol. The lowest BCUT2D eigenvalue weighted by molar-refractivity contribution is -0.123. The first kappa shape index (κ1) is 20.4. The average Bonchev–Trinajstić information content (AvgIpc) is 3.43. The lowest BCUT2D eigenvalue weighted by Crippen LogP contribution is -2.37. The molecule has 0 saturated heterocycles. The summed E-state index contributed by atoms with van der Waals surface area (Å²) < 4.78 is 2.08. The largest absolute Gasteiger partial charge is 0.346 e. The standard InChI is InChI=1S/C20H27N5O2S/c1-5-25-18(15-9-10-15)23-24-20(25)28-14(4)19(27)21-11-16(26)22-17-12(2)7-6-8-13(17)3/h6-8,14-15H,5,9-11H2,1-4H3,(H,21,27)(H,22,26)/t14-/m0/s1. The molecule has 0 radical (unpaired) electrons. The van der Waals surface area contributed by atoms with Crippen molar-refractivity contribution in [2.75, 3.05) is 11.9 Å². The fraction of sp³-hybridized carbons (Fsp3) is 0.500. The van der Waals surface area contributed by atoms with Crippen LogP contribution in [0.3, 0.4) is 0 Å². The number of thioether (sulfide) groups is 1. The highest BCUT2D eigenvalue weighted by Gasteiger charge is 2.30. The number of hydrogen-bond acceptors (Lipinski definition) is 5. The van der Waals surface area contributed by atoms with E-state index >= 15 is 0 Å². The summed E-state index contributed by atoms with van der Waals surface area (Å²) >= 11 is 1.38. The fourth-order valence-corrected chi connectivity index (χ4v) is 3.99. The normalized spacial score (nSPS) is 14.6. The van der Waals surface area contributed by atoms with Crippen molar-refractivity contribution in [1.29, 1.82) is 0 Å². The molecule has 1 aromatic carbocycles. The van der Waals surface area contributed by atoms with E-state index in [4.69, 9.17) is 0 Å².